The molecule has 1 aliphatic rings. The second-order valence-electron chi connectivity index (χ2n) is 7.33. The van der Waals surface area contributed by atoms with Crippen LogP contribution in [0, 0.1) is 13.8 Å². The Morgan fingerprint density at radius 2 is 2.04 bits per heavy atom. The summed E-state index contributed by atoms with van der Waals surface area (Å²) in [7, 11) is 0. The molecule has 1 unspecified atom stereocenters. The first-order chi connectivity index (χ1) is 13.2. The zero-order valence-corrected chi connectivity index (χ0v) is 16.3. The third-order valence-corrected chi connectivity index (χ3v) is 5.15. The summed E-state index contributed by atoms with van der Waals surface area (Å²) in [6.07, 6.45) is -1.16. The van der Waals surface area contributed by atoms with Crippen molar-refractivity contribution in [3.63, 3.8) is 0 Å². The van der Waals surface area contributed by atoms with Gasteiger partial charge in [-0.3, -0.25) is 0 Å². The average molecular weight is 394 g/mol. The number of aromatic hydroxyl groups is 1. The largest absolute Gasteiger partial charge is 0.507 e. The molecule has 1 aliphatic heterocycles. The number of likely N-dealkylation sites (tertiary alicyclic amines) is 1. The molecule has 5 nitrogen and oxygen atoms in total. The minimum atomic E-state index is -4.62. The molecule has 0 saturated carbocycles. The molecule has 8 heteroatoms. The fourth-order valence-electron chi connectivity index (χ4n) is 3.74. The van der Waals surface area contributed by atoms with E-state index in [0.717, 1.165) is 38.5 Å². The fraction of sp³-hybridized carbons (Fsp3) is 0.500. The molecular weight excluding hydrogens is 369 g/mol. The van der Waals surface area contributed by atoms with Crippen molar-refractivity contribution in [3.05, 3.63) is 35.0 Å². The molecule has 0 aliphatic carbocycles. The highest BCUT2D eigenvalue weighted by atomic mass is 19.4. The molecule has 0 spiro atoms. The van der Waals surface area contributed by atoms with Crippen LogP contribution >= 0.6 is 0 Å². The predicted molar refractivity (Wildman–Crippen MR) is 102 cm³/mol. The summed E-state index contributed by atoms with van der Waals surface area (Å²) in [5, 5.41) is 21.6. The smallest absolute Gasteiger partial charge is 0.417 e. The van der Waals surface area contributed by atoms with Crippen molar-refractivity contribution in [1.29, 1.82) is 0 Å². The van der Waals surface area contributed by atoms with Crippen LogP contribution in [-0.4, -0.2) is 45.9 Å². The molecule has 0 radical (unpaired) electrons. The van der Waals surface area contributed by atoms with E-state index in [1.165, 1.54) is 19.2 Å². The molecule has 2 aromatic rings. The molecule has 152 valence electrons. The van der Waals surface area contributed by atoms with Crippen LogP contribution in [0.1, 0.15) is 36.5 Å². The molecule has 2 heterocycles. The minimum Gasteiger partial charge on any atom is -0.507 e. The maximum Gasteiger partial charge on any atom is 0.417 e. The highest BCUT2D eigenvalue weighted by Gasteiger charge is 2.37. The predicted octanol–water partition coefficient (Wildman–Crippen LogP) is 4.38. The van der Waals surface area contributed by atoms with E-state index in [1.54, 1.807) is 6.92 Å². The zero-order chi connectivity index (χ0) is 20.5. The number of phenols is 1. The molecule has 1 fully saturated rings. The highest BCUT2D eigenvalue weighted by molar-refractivity contribution is 5.82. The van der Waals surface area contributed by atoms with E-state index in [1.807, 2.05) is 0 Å². The third kappa shape index (κ3) is 4.22. The SMILES string of the molecule is CCN1CCCC(Nc2c(C)cnnc2-c2c(O)cc(C)cc2C(F)(F)F)C1. The quantitative estimate of drug-likeness (QED) is 0.806. The van der Waals surface area contributed by atoms with Gasteiger partial charge in [0.25, 0.3) is 0 Å². The van der Waals surface area contributed by atoms with Gasteiger partial charge in [0, 0.05) is 12.6 Å². The molecule has 3 rings (SSSR count). The van der Waals surface area contributed by atoms with Crippen LogP contribution in [0.15, 0.2) is 18.3 Å². The van der Waals surface area contributed by atoms with Crippen LogP contribution in [0.25, 0.3) is 11.3 Å². The van der Waals surface area contributed by atoms with Crippen LogP contribution in [0.4, 0.5) is 18.9 Å². The number of phenolic OH excluding ortho intramolecular Hbond substituents is 1. The first-order valence-electron chi connectivity index (χ1n) is 9.43. The number of piperidine rings is 1. The van der Waals surface area contributed by atoms with Crippen LogP contribution in [0.3, 0.4) is 0 Å². The minimum absolute atomic E-state index is 0.0263. The van der Waals surface area contributed by atoms with E-state index in [2.05, 4.69) is 27.3 Å². The molecule has 1 saturated heterocycles. The van der Waals surface area contributed by atoms with Gasteiger partial charge < -0.3 is 15.3 Å². The van der Waals surface area contributed by atoms with Gasteiger partial charge in [-0.05, 0) is 63.0 Å². The lowest BCUT2D eigenvalue weighted by atomic mass is 9.97. The van der Waals surface area contributed by atoms with E-state index in [9.17, 15) is 18.3 Å². The van der Waals surface area contributed by atoms with Gasteiger partial charge in [-0.25, -0.2) is 0 Å². The Bertz CT molecular complexity index is 854. The summed E-state index contributed by atoms with van der Waals surface area (Å²) >= 11 is 0. The van der Waals surface area contributed by atoms with Crippen molar-refractivity contribution in [2.24, 2.45) is 0 Å². The summed E-state index contributed by atoms with van der Waals surface area (Å²) in [4.78, 5) is 2.30. The van der Waals surface area contributed by atoms with Crippen LogP contribution in [-0.2, 0) is 6.18 Å². The van der Waals surface area contributed by atoms with E-state index in [-0.39, 0.29) is 17.3 Å². The number of anilines is 1. The molecule has 1 aromatic heterocycles. The van der Waals surface area contributed by atoms with Gasteiger partial charge in [-0.1, -0.05) is 6.92 Å². The van der Waals surface area contributed by atoms with Gasteiger partial charge in [0.2, 0.25) is 0 Å². The lowest BCUT2D eigenvalue weighted by Crippen LogP contribution is -2.42. The number of alkyl halides is 3. The Morgan fingerprint density at radius 1 is 1.29 bits per heavy atom. The number of rotatable bonds is 4. The molecule has 1 aromatic carbocycles. The Labute approximate surface area is 162 Å². The molecule has 0 bridgehead atoms. The molecule has 1 atom stereocenters. The van der Waals surface area contributed by atoms with Crippen molar-refractivity contribution in [2.75, 3.05) is 25.0 Å². The number of aryl methyl sites for hydroxylation is 2. The summed E-state index contributed by atoms with van der Waals surface area (Å²) in [6.45, 7) is 8.14. The van der Waals surface area contributed by atoms with Gasteiger partial charge in [-0.15, -0.1) is 5.10 Å². The lowest BCUT2D eigenvalue weighted by Gasteiger charge is -2.33. The number of nitrogens with one attached hydrogen (secondary N) is 1. The van der Waals surface area contributed by atoms with E-state index < -0.39 is 17.5 Å². The summed E-state index contributed by atoms with van der Waals surface area (Å²) in [5.74, 6) is -0.450. The van der Waals surface area contributed by atoms with Crippen molar-refractivity contribution in [1.82, 2.24) is 15.1 Å². The maximum atomic E-state index is 13.7. The first-order valence-corrected chi connectivity index (χ1v) is 9.43. The van der Waals surface area contributed by atoms with Crippen molar-refractivity contribution in [2.45, 2.75) is 45.8 Å². The number of nitrogens with zero attached hydrogens (tertiary/aromatic N) is 3. The summed E-state index contributed by atoms with van der Waals surface area (Å²) in [5.41, 5.74) is 0.286. The van der Waals surface area contributed by atoms with Crippen LogP contribution < -0.4 is 5.32 Å². The molecular formula is C20H25F3N4O. The van der Waals surface area contributed by atoms with Crippen molar-refractivity contribution >= 4 is 5.69 Å². The van der Waals surface area contributed by atoms with E-state index in [0.29, 0.717) is 16.8 Å². The second kappa shape index (κ2) is 7.95. The summed E-state index contributed by atoms with van der Waals surface area (Å²) < 4.78 is 41.1. The highest BCUT2D eigenvalue weighted by Crippen LogP contribution is 2.44. The normalized spacial score (nSPS) is 18.3. The fourth-order valence-corrected chi connectivity index (χ4v) is 3.74. The van der Waals surface area contributed by atoms with Crippen LogP contribution in [0.5, 0.6) is 5.75 Å². The maximum absolute atomic E-state index is 13.7. The first kappa shape index (κ1) is 20.4. The van der Waals surface area contributed by atoms with Crippen molar-refractivity contribution in [3.8, 4) is 17.0 Å². The van der Waals surface area contributed by atoms with E-state index in [4.69, 9.17) is 0 Å². The Balaban J connectivity index is 2.09. The van der Waals surface area contributed by atoms with Crippen LogP contribution in [0.2, 0.25) is 0 Å². The Morgan fingerprint density at radius 3 is 2.71 bits per heavy atom. The third-order valence-electron chi connectivity index (χ3n) is 5.15. The number of hydrogen-bond donors (Lipinski definition) is 2. The Hall–Kier alpha value is -2.35. The number of halogens is 3. The molecule has 28 heavy (non-hydrogen) atoms. The summed E-state index contributed by atoms with van der Waals surface area (Å²) in [6, 6.07) is 2.44. The topological polar surface area (TPSA) is 61.3 Å². The monoisotopic (exact) mass is 394 g/mol. The zero-order valence-electron chi connectivity index (χ0n) is 16.3. The molecule has 0 amide bonds. The van der Waals surface area contributed by atoms with Gasteiger partial charge in [0.15, 0.2) is 0 Å². The Kier molecular flexibility index (Phi) is 5.79. The number of aromatic nitrogens is 2. The number of likely N-dealkylation sites (N-methyl/N-ethyl adjacent to an activating group) is 1. The van der Waals surface area contributed by atoms with Gasteiger partial charge in [0.1, 0.15) is 11.4 Å². The van der Waals surface area contributed by atoms with Gasteiger partial charge >= 0.3 is 6.18 Å². The standard InChI is InChI=1S/C20H25F3N4O/c1-4-27-7-5-6-14(11-27)25-18-13(3)10-24-26-19(18)17-15(20(21,22)23)8-12(2)9-16(17)28/h8-10,14,28H,4-7,11H2,1-3H3,(H,24,25). The lowest BCUT2D eigenvalue weighted by molar-refractivity contribution is -0.137. The second-order valence-corrected chi connectivity index (χ2v) is 7.33. The van der Waals surface area contributed by atoms with Crippen molar-refractivity contribution < 1.29 is 18.3 Å². The van der Waals surface area contributed by atoms with Gasteiger partial charge in [0.05, 0.1) is 23.0 Å². The van der Waals surface area contributed by atoms with Gasteiger partial charge in [-0.2, -0.15) is 18.3 Å². The molecule has 2 N–H and O–H groups in total. The average Bonchev–Trinajstić information content (AvgIpc) is 2.62. The number of hydrogen-bond acceptors (Lipinski definition) is 5. The number of benzene rings is 1. The van der Waals surface area contributed by atoms with E-state index >= 15 is 0 Å².